The lowest BCUT2D eigenvalue weighted by molar-refractivity contribution is 0.102. The summed E-state index contributed by atoms with van der Waals surface area (Å²) < 4.78 is 6.99. The topological polar surface area (TPSA) is 44.1 Å². The van der Waals surface area contributed by atoms with Gasteiger partial charge in [-0.3, -0.25) is 4.79 Å². The third kappa shape index (κ3) is 2.01. The summed E-state index contributed by atoms with van der Waals surface area (Å²) in [7, 11) is 3.37. The molecule has 1 heterocycles. The SMILES string of the molecule is COc1cc(C)c(C)cc1C(=O)c1nccn1C. The zero-order chi connectivity index (χ0) is 13.3. The quantitative estimate of drug-likeness (QED) is 0.778. The van der Waals surface area contributed by atoms with Gasteiger partial charge in [0.15, 0.2) is 5.82 Å². The van der Waals surface area contributed by atoms with Crippen LogP contribution in [0.1, 0.15) is 27.3 Å². The minimum absolute atomic E-state index is 0.123. The van der Waals surface area contributed by atoms with Gasteiger partial charge in [-0.2, -0.15) is 0 Å². The van der Waals surface area contributed by atoms with Crippen LogP contribution in [0.5, 0.6) is 5.75 Å². The number of nitrogens with zero attached hydrogens (tertiary/aromatic N) is 2. The van der Waals surface area contributed by atoms with Crippen LogP contribution in [0.4, 0.5) is 0 Å². The van der Waals surface area contributed by atoms with Gasteiger partial charge in [0.2, 0.25) is 5.78 Å². The number of ether oxygens (including phenoxy) is 1. The number of aromatic nitrogens is 2. The first kappa shape index (κ1) is 12.4. The molecule has 0 bridgehead atoms. The molecule has 0 aliphatic carbocycles. The van der Waals surface area contributed by atoms with E-state index in [4.69, 9.17) is 4.74 Å². The maximum Gasteiger partial charge on any atom is 0.232 e. The summed E-state index contributed by atoms with van der Waals surface area (Å²) in [6.45, 7) is 3.97. The maximum atomic E-state index is 12.4. The molecule has 0 spiro atoms. The Kier molecular flexibility index (Phi) is 3.19. The second-order valence-corrected chi connectivity index (χ2v) is 4.33. The Hall–Kier alpha value is -2.10. The predicted molar refractivity (Wildman–Crippen MR) is 69.1 cm³/mol. The number of hydrogen-bond donors (Lipinski definition) is 0. The van der Waals surface area contributed by atoms with E-state index in [1.165, 1.54) is 0 Å². The Morgan fingerprint density at radius 2 is 1.94 bits per heavy atom. The molecule has 18 heavy (non-hydrogen) atoms. The van der Waals surface area contributed by atoms with Gasteiger partial charge in [-0.15, -0.1) is 0 Å². The molecule has 0 radical (unpaired) electrons. The summed E-state index contributed by atoms with van der Waals surface area (Å²) in [4.78, 5) is 16.5. The summed E-state index contributed by atoms with van der Waals surface area (Å²) in [5, 5.41) is 0. The molecule has 0 fully saturated rings. The third-order valence-electron chi connectivity index (χ3n) is 3.08. The summed E-state index contributed by atoms with van der Waals surface area (Å²) in [6.07, 6.45) is 3.36. The van der Waals surface area contributed by atoms with Gasteiger partial charge in [0.05, 0.1) is 12.7 Å². The number of ketones is 1. The van der Waals surface area contributed by atoms with Gasteiger partial charge in [-0.05, 0) is 37.1 Å². The summed E-state index contributed by atoms with van der Waals surface area (Å²) in [6, 6.07) is 3.73. The van der Waals surface area contributed by atoms with Crippen molar-refractivity contribution in [3.05, 3.63) is 47.0 Å². The molecule has 0 atom stereocenters. The lowest BCUT2D eigenvalue weighted by Crippen LogP contribution is -2.10. The fraction of sp³-hybridized carbons (Fsp3) is 0.286. The molecular weight excluding hydrogens is 228 g/mol. The van der Waals surface area contributed by atoms with Gasteiger partial charge in [-0.1, -0.05) is 0 Å². The van der Waals surface area contributed by atoms with Crippen LogP contribution < -0.4 is 4.74 Å². The number of imidazole rings is 1. The molecule has 0 saturated carbocycles. The van der Waals surface area contributed by atoms with Gasteiger partial charge >= 0.3 is 0 Å². The summed E-state index contributed by atoms with van der Waals surface area (Å²) in [5.41, 5.74) is 2.71. The number of rotatable bonds is 3. The van der Waals surface area contributed by atoms with E-state index < -0.39 is 0 Å². The van der Waals surface area contributed by atoms with E-state index in [-0.39, 0.29) is 5.78 Å². The highest BCUT2D eigenvalue weighted by Gasteiger charge is 2.19. The first-order valence-corrected chi connectivity index (χ1v) is 5.72. The molecule has 1 aromatic carbocycles. The van der Waals surface area contributed by atoms with Crippen molar-refractivity contribution in [2.45, 2.75) is 13.8 Å². The zero-order valence-electron chi connectivity index (χ0n) is 11.0. The van der Waals surface area contributed by atoms with E-state index in [9.17, 15) is 4.79 Å². The van der Waals surface area contributed by atoms with Crippen LogP contribution in [0.15, 0.2) is 24.5 Å². The Bertz CT molecular complexity index is 600. The third-order valence-corrected chi connectivity index (χ3v) is 3.08. The molecule has 0 aliphatic heterocycles. The largest absolute Gasteiger partial charge is 0.496 e. The van der Waals surface area contributed by atoms with Crippen molar-refractivity contribution < 1.29 is 9.53 Å². The van der Waals surface area contributed by atoms with E-state index in [1.807, 2.05) is 26.0 Å². The van der Waals surface area contributed by atoms with E-state index in [0.29, 0.717) is 17.1 Å². The Balaban J connectivity index is 2.54. The molecule has 0 aliphatic rings. The van der Waals surface area contributed by atoms with Crippen LogP contribution in [0, 0.1) is 13.8 Å². The number of carbonyl (C=O) groups excluding carboxylic acids is 1. The standard InChI is InChI=1S/C14H16N2O2/c1-9-7-11(12(18-4)8-10(9)2)13(17)14-15-5-6-16(14)3/h5-8H,1-4H3. The summed E-state index contributed by atoms with van der Waals surface area (Å²) in [5.74, 6) is 0.880. The normalized spacial score (nSPS) is 10.4. The first-order valence-electron chi connectivity index (χ1n) is 5.72. The van der Waals surface area contributed by atoms with Crippen molar-refractivity contribution in [3.63, 3.8) is 0 Å². The number of methoxy groups -OCH3 is 1. The van der Waals surface area contributed by atoms with Crippen molar-refractivity contribution in [1.29, 1.82) is 0 Å². The minimum atomic E-state index is -0.123. The molecule has 2 aromatic rings. The van der Waals surface area contributed by atoms with Crippen molar-refractivity contribution in [2.24, 2.45) is 7.05 Å². The van der Waals surface area contributed by atoms with E-state index >= 15 is 0 Å². The molecule has 4 heteroatoms. The van der Waals surface area contributed by atoms with E-state index in [1.54, 1.807) is 31.1 Å². The fourth-order valence-electron chi connectivity index (χ4n) is 1.84. The molecule has 94 valence electrons. The number of aryl methyl sites for hydroxylation is 3. The second kappa shape index (κ2) is 4.64. The molecule has 0 unspecified atom stereocenters. The van der Waals surface area contributed by atoms with E-state index in [0.717, 1.165) is 11.1 Å². The van der Waals surface area contributed by atoms with Crippen LogP contribution >= 0.6 is 0 Å². The van der Waals surface area contributed by atoms with Crippen LogP contribution in [0.25, 0.3) is 0 Å². The van der Waals surface area contributed by atoms with Crippen molar-refractivity contribution in [2.75, 3.05) is 7.11 Å². The average molecular weight is 244 g/mol. The Labute approximate surface area is 106 Å². The van der Waals surface area contributed by atoms with Gasteiger partial charge in [0, 0.05) is 19.4 Å². The van der Waals surface area contributed by atoms with Crippen molar-refractivity contribution in [1.82, 2.24) is 9.55 Å². The Morgan fingerprint density at radius 3 is 2.50 bits per heavy atom. The van der Waals surface area contributed by atoms with Gasteiger partial charge in [0.1, 0.15) is 5.75 Å². The molecule has 2 rings (SSSR count). The van der Waals surface area contributed by atoms with E-state index in [2.05, 4.69) is 4.98 Å². The highest BCUT2D eigenvalue weighted by atomic mass is 16.5. The number of benzene rings is 1. The molecule has 0 N–H and O–H groups in total. The zero-order valence-corrected chi connectivity index (χ0v) is 11.0. The van der Waals surface area contributed by atoms with Crippen LogP contribution in [0.2, 0.25) is 0 Å². The second-order valence-electron chi connectivity index (χ2n) is 4.33. The molecule has 4 nitrogen and oxygen atoms in total. The average Bonchev–Trinajstić information content (AvgIpc) is 2.77. The first-order chi connectivity index (χ1) is 8.54. The molecular formula is C14H16N2O2. The van der Waals surface area contributed by atoms with Crippen molar-refractivity contribution in [3.8, 4) is 5.75 Å². The fourth-order valence-corrected chi connectivity index (χ4v) is 1.84. The lowest BCUT2D eigenvalue weighted by Gasteiger charge is -2.10. The molecule has 0 amide bonds. The van der Waals surface area contributed by atoms with Crippen LogP contribution in [-0.4, -0.2) is 22.4 Å². The van der Waals surface area contributed by atoms with Crippen LogP contribution in [0.3, 0.4) is 0 Å². The van der Waals surface area contributed by atoms with Crippen LogP contribution in [-0.2, 0) is 7.05 Å². The van der Waals surface area contributed by atoms with Gasteiger partial charge in [-0.25, -0.2) is 4.98 Å². The predicted octanol–water partition coefficient (Wildman–Crippen LogP) is 2.28. The monoisotopic (exact) mass is 244 g/mol. The Morgan fingerprint density at radius 1 is 1.28 bits per heavy atom. The highest BCUT2D eigenvalue weighted by molar-refractivity contribution is 6.08. The minimum Gasteiger partial charge on any atom is -0.496 e. The van der Waals surface area contributed by atoms with Gasteiger partial charge in [0.25, 0.3) is 0 Å². The molecule has 1 aromatic heterocycles. The maximum absolute atomic E-state index is 12.4. The summed E-state index contributed by atoms with van der Waals surface area (Å²) >= 11 is 0. The smallest absolute Gasteiger partial charge is 0.232 e. The number of carbonyl (C=O) groups is 1. The van der Waals surface area contributed by atoms with Gasteiger partial charge < -0.3 is 9.30 Å². The highest BCUT2D eigenvalue weighted by Crippen LogP contribution is 2.25. The van der Waals surface area contributed by atoms with Crippen molar-refractivity contribution >= 4 is 5.78 Å². The lowest BCUT2D eigenvalue weighted by atomic mass is 10.0. The number of hydrogen-bond acceptors (Lipinski definition) is 3. The molecule has 0 saturated heterocycles.